The van der Waals surface area contributed by atoms with E-state index in [4.69, 9.17) is 9.90 Å². The average Bonchev–Trinajstić information content (AvgIpc) is 2.98. The smallest absolute Gasteiger partial charge is 0.435 e. The minimum Gasteiger partial charge on any atom is -0.550 e. The summed E-state index contributed by atoms with van der Waals surface area (Å²) < 4.78 is 3.53. The number of aromatic nitrogens is 3. The number of aryl methyl sites for hydroxylation is 2. The second-order valence-corrected chi connectivity index (χ2v) is 6.25. The van der Waals surface area contributed by atoms with Crippen LogP contribution in [0.2, 0.25) is 0 Å². The van der Waals surface area contributed by atoms with Gasteiger partial charge in [0.25, 0.3) is 0 Å². The summed E-state index contributed by atoms with van der Waals surface area (Å²) in [5.41, 5.74) is 3.23. The van der Waals surface area contributed by atoms with Crippen LogP contribution in [0.3, 0.4) is 0 Å². The average molecular weight is 380 g/mol. The van der Waals surface area contributed by atoms with Gasteiger partial charge in [-0.3, -0.25) is 0 Å². The van der Waals surface area contributed by atoms with Crippen molar-refractivity contribution in [2.45, 2.75) is 13.5 Å². The number of carbonyl (C=O) groups is 1. The lowest BCUT2D eigenvalue weighted by Crippen LogP contribution is -2.24. The SMILES string of the molecule is CC(=O)[O-].CN(Cc1ccccc1)c1ccc(N=Nc2nn(C)c[n+]2C)cc1. The van der Waals surface area contributed by atoms with Crippen LogP contribution < -0.4 is 14.6 Å². The van der Waals surface area contributed by atoms with Gasteiger partial charge in [-0.25, -0.2) is 4.57 Å². The van der Waals surface area contributed by atoms with Crippen molar-refractivity contribution in [2.75, 3.05) is 11.9 Å². The number of aliphatic carboxylic acids is 1. The number of azo groups is 1. The highest BCUT2D eigenvalue weighted by molar-refractivity contribution is 5.60. The van der Waals surface area contributed by atoms with E-state index in [2.05, 4.69) is 63.7 Å². The Hall–Kier alpha value is -3.55. The molecule has 2 aromatic carbocycles. The Labute approximate surface area is 164 Å². The first-order valence-corrected chi connectivity index (χ1v) is 8.69. The van der Waals surface area contributed by atoms with Gasteiger partial charge in [-0.15, -0.1) is 4.68 Å². The molecule has 0 radical (unpaired) electrons. The van der Waals surface area contributed by atoms with Gasteiger partial charge in [-0.1, -0.05) is 35.4 Å². The van der Waals surface area contributed by atoms with Crippen molar-refractivity contribution >= 4 is 23.3 Å². The van der Waals surface area contributed by atoms with Gasteiger partial charge in [0, 0.05) is 35.5 Å². The summed E-state index contributed by atoms with van der Waals surface area (Å²) in [5.74, 6) is -0.511. The molecule has 0 bridgehead atoms. The molecular weight excluding hydrogens is 356 g/mol. The Morgan fingerprint density at radius 2 is 1.75 bits per heavy atom. The highest BCUT2D eigenvalue weighted by Crippen LogP contribution is 2.21. The van der Waals surface area contributed by atoms with Crippen molar-refractivity contribution in [2.24, 2.45) is 24.3 Å². The van der Waals surface area contributed by atoms with E-state index in [1.165, 1.54) is 5.56 Å². The molecule has 28 heavy (non-hydrogen) atoms. The predicted octanol–water partition coefficient (Wildman–Crippen LogP) is 2.05. The monoisotopic (exact) mass is 380 g/mol. The van der Waals surface area contributed by atoms with Gasteiger partial charge in [0.2, 0.25) is 0 Å². The van der Waals surface area contributed by atoms with Gasteiger partial charge >= 0.3 is 5.95 Å². The Morgan fingerprint density at radius 3 is 2.29 bits per heavy atom. The Bertz CT molecular complexity index is 916. The van der Waals surface area contributed by atoms with Crippen LogP contribution in [-0.4, -0.2) is 22.8 Å². The minimum absolute atomic E-state index is 0.572. The lowest BCUT2D eigenvalue weighted by molar-refractivity contribution is -0.659. The number of nitrogens with zero attached hydrogens (tertiary/aromatic N) is 6. The maximum absolute atomic E-state index is 8.89. The maximum Gasteiger partial charge on any atom is 0.435 e. The first kappa shape index (κ1) is 20.8. The van der Waals surface area contributed by atoms with Crippen LogP contribution in [0, 0.1) is 0 Å². The third-order valence-corrected chi connectivity index (χ3v) is 3.71. The van der Waals surface area contributed by atoms with E-state index in [1.807, 2.05) is 43.2 Å². The van der Waals surface area contributed by atoms with E-state index >= 15 is 0 Å². The van der Waals surface area contributed by atoms with Crippen molar-refractivity contribution < 1.29 is 14.5 Å². The molecule has 0 unspecified atom stereocenters. The standard InChI is InChI=1S/C18H21N6.C2H4O2/c1-22(13-15-7-5-4-6-8-15)17-11-9-16(10-12-17)19-20-18-21-24(3)14-23(18)2;1-2(3)4/h4-12,14H,13H2,1-3H3;1H3,(H,3,4)/q+1;/p-1. The molecule has 0 aliphatic rings. The van der Waals surface area contributed by atoms with Gasteiger partial charge in [-0.05, 0) is 36.8 Å². The van der Waals surface area contributed by atoms with Crippen molar-refractivity contribution in [3.05, 3.63) is 66.5 Å². The van der Waals surface area contributed by atoms with E-state index in [-0.39, 0.29) is 0 Å². The Morgan fingerprint density at radius 1 is 1.14 bits per heavy atom. The summed E-state index contributed by atoms with van der Waals surface area (Å²) in [7, 11) is 5.83. The lowest BCUT2D eigenvalue weighted by atomic mass is 10.2. The van der Waals surface area contributed by atoms with Crippen molar-refractivity contribution in [3.8, 4) is 0 Å². The predicted molar refractivity (Wildman–Crippen MR) is 104 cm³/mol. The fraction of sp³-hybridized carbons (Fsp3) is 0.250. The Kier molecular flexibility index (Phi) is 7.38. The van der Waals surface area contributed by atoms with Crippen LogP contribution in [0.1, 0.15) is 12.5 Å². The largest absolute Gasteiger partial charge is 0.550 e. The Balaban J connectivity index is 0.000000640. The number of hydrogen-bond donors (Lipinski definition) is 0. The van der Waals surface area contributed by atoms with E-state index in [9.17, 15) is 0 Å². The molecule has 0 atom stereocenters. The molecule has 0 amide bonds. The van der Waals surface area contributed by atoms with Crippen LogP contribution in [0.5, 0.6) is 0 Å². The fourth-order valence-corrected chi connectivity index (χ4v) is 2.46. The normalized spacial score (nSPS) is 10.4. The van der Waals surface area contributed by atoms with Gasteiger partial charge in [0.1, 0.15) is 0 Å². The van der Waals surface area contributed by atoms with Crippen LogP contribution in [0.15, 0.2) is 71.2 Å². The third-order valence-electron chi connectivity index (χ3n) is 3.71. The molecule has 0 saturated heterocycles. The van der Waals surface area contributed by atoms with Gasteiger partial charge in [0.05, 0.1) is 19.8 Å². The van der Waals surface area contributed by atoms with Crippen LogP contribution in [0.4, 0.5) is 17.3 Å². The van der Waals surface area contributed by atoms with E-state index in [0.29, 0.717) is 5.95 Å². The first-order valence-electron chi connectivity index (χ1n) is 8.69. The molecule has 0 saturated carbocycles. The molecule has 0 spiro atoms. The zero-order valence-corrected chi connectivity index (χ0v) is 16.5. The van der Waals surface area contributed by atoms with Gasteiger partial charge in [-0.2, -0.15) is 0 Å². The van der Waals surface area contributed by atoms with Crippen molar-refractivity contribution in [1.82, 2.24) is 9.78 Å². The number of anilines is 1. The van der Waals surface area contributed by atoms with E-state index in [1.54, 1.807) is 4.68 Å². The number of rotatable bonds is 5. The second kappa shape index (κ2) is 9.96. The molecule has 8 heteroatoms. The van der Waals surface area contributed by atoms with Crippen LogP contribution in [0.25, 0.3) is 0 Å². The number of hydrogen-bond acceptors (Lipinski definition) is 6. The first-order chi connectivity index (χ1) is 13.3. The molecular formula is C20H24N6O2. The summed E-state index contributed by atoms with van der Waals surface area (Å²) in [4.78, 5) is 11.1. The second-order valence-electron chi connectivity index (χ2n) is 6.25. The number of benzene rings is 2. The minimum atomic E-state index is -1.08. The van der Waals surface area contributed by atoms with Crippen LogP contribution in [-0.2, 0) is 25.4 Å². The van der Waals surface area contributed by atoms with Gasteiger partial charge in [0.15, 0.2) is 6.33 Å². The molecule has 0 fully saturated rings. The summed E-state index contributed by atoms with van der Waals surface area (Å²) in [6.45, 7) is 1.84. The summed E-state index contributed by atoms with van der Waals surface area (Å²) in [6, 6.07) is 18.4. The fourth-order valence-electron chi connectivity index (χ4n) is 2.46. The molecule has 3 rings (SSSR count). The number of carbonyl (C=O) groups excluding carboxylic acids is 1. The molecule has 0 aliphatic carbocycles. The van der Waals surface area contributed by atoms with Crippen LogP contribution >= 0.6 is 0 Å². The number of carboxylic acids is 1. The highest BCUT2D eigenvalue weighted by atomic mass is 16.4. The summed E-state index contributed by atoms with van der Waals surface area (Å²) >= 11 is 0. The third kappa shape index (κ3) is 6.64. The van der Waals surface area contributed by atoms with Crippen molar-refractivity contribution in [1.29, 1.82) is 0 Å². The molecule has 1 heterocycles. The molecule has 1 aromatic heterocycles. The van der Waals surface area contributed by atoms with E-state index < -0.39 is 5.97 Å². The van der Waals surface area contributed by atoms with Gasteiger partial charge < -0.3 is 14.8 Å². The molecule has 0 N–H and O–H groups in total. The van der Waals surface area contributed by atoms with Crippen molar-refractivity contribution in [3.63, 3.8) is 0 Å². The zero-order chi connectivity index (χ0) is 20.5. The molecule has 8 nitrogen and oxygen atoms in total. The summed E-state index contributed by atoms with van der Waals surface area (Å²) in [5, 5.41) is 21.5. The summed E-state index contributed by atoms with van der Waals surface area (Å²) in [6.07, 6.45) is 1.84. The van der Waals surface area contributed by atoms with E-state index in [0.717, 1.165) is 24.8 Å². The lowest BCUT2D eigenvalue weighted by Gasteiger charge is -2.19. The quantitative estimate of drug-likeness (QED) is 0.500. The molecule has 0 aliphatic heterocycles. The number of carboxylic acid groups (broad SMARTS) is 1. The maximum atomic E-state index is 8.89. The highest BCUT2D eigenvalue weighted by Gasteiger charge is 2.10. The zero-order valence-electron chi connectivity index (χ0n) is 16.5. The topological polar surface area (TPSA) is 89.8 Å². The molecule has 146 valence electrons. The molecule has 3 aromatic rings.